The van der Waals surface area contributed by atoms with Crippen molar-refractivity contribution < 1.29 is 13.9 Å². The molecule has 1 aliphatic heterocycles. The first kappa shape index (κ1) is 12.2. The average Bonchev–Trinajstić information content (AvgIpc) is 2.77. The highest BCUT2D eigenvalue weighted by Crippen LogP contribution is 2.40. The van der Waals surface area contributed by atoms with Gasteiger partial charge >= 0.3 is 0 Å². The summed E-state index contributed by atoms with van der Waals surface area (Å²) in [6, 6.07) is 3.53. The van der Waals surface area contributed by atoms with E-state index in [0.29, 0.717) is 0 Å². The van der Waals surface area contributed by atoms with E-state index in [1.54, 1.807) is 6.07 Å². The molecule has 1 aromatic carbocycles. The molecule has 0 saturated carbocycles. The second-order valence-corrected chi connectivity index (χ2v) is 4.53. The third-order valence-electron chi connectivity index (χ3n) is 3.45. The molecule has 1 aromatic rings. The molecular weight excluding hydrogens is 221 g/mol. The molecule has 1 N–H and O–H groups in total. The van der Waals surface area contributed by atoms with Gasteiger partial charge in [0.1, 0.15) is 0 Å². The Bertz CT molecular complexity index is 414. The largest absolute Gasteiger partial charge is 0.494 e. The van der Waals surface area contributed by atoms with E-state index in [-0.39, 0.29) is 17.0 Å². The smallest absolute Gasteiger partial charge is 0.207 e. The molecule has 0 radical (unpaired) electrons. The summed E-state index contributed by atoms with van der Waals surface area (Å²) in [5, 5.41) is 3.40. The van der Waals surface area contributed by atoms with Gasteiger partial charge in [0.2, 0.25) is 5.82 Å². The summed E-state index contributed by atoms with van der Waals surface area (Å²) in [7, 11) is 2.94. The lowest BCUT2D eigenvalue weighted by atomic mass is 9.89. The number of nitrogens with one attached hydrogen (secondary N) is 1. The van der Waals surface area contributed by atoms with Crippen LogP contribution in [0.3, 0.4) is 0 Å². The summed E-state index contributed by atoms with van der Waals surface area (Å²) in [5.41, 5.74) is 0.647. The van der Waals surface area contributed by atoms with E-state index in [0.717, 1.165) is 24.9 Å². The fraction of sp³-hybridized carbons (Fsp3) is 0.538. The predicted molar refractivity (Wildman–Crippen MR) is 64.1 cm³/mol. The number of hydrogen-bond acceptors (Lipinski definition) is 3. The molecule has 94 valence electrons. The summed E-state index contributed by atoms with van der Waals surface area (Å²) < 4.78 is 24.2. The molecule has 4 heteroatoms. The van der Waals surface area contributed by atoms with Crippen molar-refractivity contribution in [2.45, 2.75) is 25.3 Å². The molecule has 3 nitrogen and oxygen atoms in total. The van der Waals surface area contributed by atoms with Crippen molar-refractivity contribution in [2.24, 2.45) is 0 Å². The van der Waals surface area contributed by atoms with Crippen LogP contribution in [0.5, 0.6) is 11.5 Å². The second-order valence-electron chi connectivity index (χ2n) is 4.53. The molecule has 0 aliphatic carbocycles. The Hall–Kier alpha value is -1.29. The molecule has 2 rings (SSSR count). The van der Waals surface area contributed by atoms with Gasteiger partial charge in [-0.3, -0.25) is 0 Å². The van der Waals surface area contributed by atoms with Gasteiger partial charge in [-0.25, -0.2) is 0 Å². The Balaban J connectivity index is 2.50. The minimum absolute atomic E-state index is 0.210. The Morgan fingerprint density at radius 2 is 2.06 bits per heavy atom. The molecular formula is C13H18FNO2. The molecule has 0 amide bonds. The van der Waals surface area contributed by atoms with Gasteiger partial charge in [0.25, 0.3) is 0 Å². The first-order valence-corrected chi connectivity index (χ1v) is 5.78. The third-order valence-corrected chi connectivity index (χ3v) is 3.45. The van der Waals surface area contributed by atoms with E-state index in [9.17, 15) is 4.39 Å². The van der Waals surface area contributed by atoms with Crippen LogP contribution in [0.4, 0.5) is 4.39 Å². The standard InChI is InChI=1S/C13H18FNO2/c1-13(7-4-8-15-13)9-5-6-10(16-2)11(14)12(9)17-3/h5-6,15H,4,7-8H2,1-3H3. The Morgan fingerprint density at radius 1 is 1.29 bits per heavy atom. The summed E-state index contributed by atoms with van der Waals surface area (Å²) in [5.74, 6) is 0.0656. The van der Waals surface area contributed by atoms with Crippen molar-refractivity contribution in [1.82, 2.24) is 5.32 Å². The predicted octanol–water partition coefficient (Wildman–Crippen LogP) is 2.44. The first-order chi connectivity index (χ1) is 8.12. The Kier molecular flexibility index (Phi) is 3.24. The first-order valence-electron chi connectivity index (χ1n) is 5.78. The minimum Gasteiger partial charge on any atom is -0.494 e. The zero-order valence-corrected chi connectivity index (χ0v) is 10.5. The minimum atomic E-state index is -0.428. The quantitative estimate of drug-likeness (QED) is 0.878. The lowest BCUT2D eigenvalue weighted by Crippen LogP contribution is -2.33. The van der Waals surface area contributed by atoms with Gasteiger partial charge in [-0.2, -0.15) is 4.39 Å². The van der Waals surface area contributed by atoms with Gasteiger partial charge in [-0.15, -0.1) is 0 Å². The van der Waals surface area contributed by atoms with Gasteiger partial charge in [0.15, 0.2) is 11.5 Å². The van der Waals surface area contributed by atoms with Crippen LogP contribution in [0, 0.1) is 5.82 Å². The van der Waals surface area contributed by atoms with Crippen molar-refractivity contribution in [3.63, 3.8) is 0 Å². The Labute approximate surface area is 101 Å². The lowest BCUT2D eigenvalue weighted by molar-refractivity contribution is 0.330. The normalized spacial score (nSPS) is 23.8. The van der Waals surface area contributed by atoms with Crippen LogP contribution < -0.4 is 14.8 Å². The van der Waals surface area contributed by atoms with Crippen molar-refractivity contribution in [1.29, 1.82) is 0 Å². The van der Waals surface area contributed by atoms with Gasteiger partial charge < -0.3 is 14.8 Å². The summed E-state index contributed by atoms with van der Waals surface area (Å²) in [6.07, 6.45) is 2.07. The maximum atomic E-state index is 14.1. The SMILES string of the molecule is COc1ccc(C2(C)CCCN2)c(OC)c1F. The van der Waals surface area contributed by atoms with E-state index in [4.69, 9.17) is 9.47 Å². The molecule has 1 aliphatic rings. The van der Waals surface area contributed by atoms with Gasteiger partial charge in [-0.05, 0) is 38.4 Å². The summed E-state index contributed by atoms with van der Waals surface area (Å²) >= 11 is 0. The number of methoxy groups -OCH3 is 2. The summed E-state index contributed by atoms with van der Waals surface area (Å²) in [6.45, 7) is 3.02. The topological polar surface area (TPSA) is 30.5 Å². The van der Waals surface area contributed by atoms with Crippen molar-refractivity contribution >= 4 is 0 Å². The highest BCUT2D eigenvalue weighted by molar-refractivity contribution is 5.46. The molecule has 17 heavy (non-hydrogen) atoms. The molecule has 1 fully saturated rings. The van der Waals surface area contributed by atoms with Crippen LogP contribution >= 0.6 is 0 Å². The maximum absolute atomic E-state index is 14.1. The molecule has 1 saturated heterocycles. The molecule has 0 spiro atoms. The second kappa shape index (κ2) is 4.53. The number of ether oxygens (including phenoxy) is 2. The average molecular weight is 239 g/mol. The number of halogens is 1. The maximum Gasteiger partial charge on any atom is 0.207 e. The highest BCUT2D eigenvalue weighted by Gasteiger charge is 2.34. The fourth-order valence-electron chi connectivity index (χ4n) is 2.45. The van der Waals surface area contributed by atoms with E-state index >= 15 is 0 Å². The van der Waals surface area contributed by atoms with E-state index in [1.165, 1.54) is 14.2 Å². The van der Waals surface area contributed by atoms with Crippen molar-refractivity contribution in [2.75, 3.05) is 20.8 Å². The van der Waals surface area contributed by atoms with Crippen molar-refractivity contribution in [3.05, 3.63) is 23.5 Å². The van der Waals surface area contributed by atoms with Crippen LogP contribution in [0.2, 0.25) is 0 Å². The van der Waals surface area contributed by atoms with Crippen LogP contribution in [0.1, 0.15) is 25.3 Å². The number of rotatable bonds is 3. The van der Waals surface area contributed by atoms with Crippen LogP contribution in [-0.2, 0) is 5.54 Å². The van der Waals surface area contributed by atoms with Gasteiger partial charge in [-0.1, -0.05) is 0 Å². The van der Waals surface area contributed by atoms with Gasteiger partial charge in [0.05, 0.1) is 14.2 Å². The Morgan fingerprint density at radius 3 is 2.59 bits per heavy atom. The lowest BCUT2D eigenvalue weighted by Gasteiger charge is -2.27. The molecule has 0 bridgehead atoms. The van der Waals surface area contributed by atoms with E-state index < -0.39 is 5.82 Å². The molecule has 1 atom stereocenters. The highest BCUT2D eigenvalue weighted by atomic mass is 19.1. The van der Waals surface area contributed by atoms with Crippen LogP contribution in [-0.4, -0.2) is 20.8 Å². The molecule has 0 aromatic heterocycles. The van der Waals surface area contributed by atoms with Crippen molar-refractivity contribution in [3.8, 4) is 11.5 Å². The molecule has 1 unspecified atom stereocenters. The van der Waals surface area contributed by atoms with Crippen LogP contribution in [0.15, 0.2) is 12.1 Å². The summed E-state index contributed by atoms with van der Waals surface area (Å²) in [4.78, 5) is 0. The monoisotopic (exact) mass is 239 g/mol. The fourth-order valence-corrected chi connectivity index (χ4v) is 2.45. The van der Waals surface area contributed by atoms with E-state index in [2.05, 4.69) is 12.2 Å². The molecule has 1 heterocycles. The number of benzene rings is 1. The third kappa shape index (κ3) is 1.97. The van der Waals surface area contributed by atoms with Gasteiger partial charge in [0, 0.05) is 11.1 Å². The number of hydrogen-bond donors (Lipinski definition) is 1. The van der Waals surface area contributed by atoms with Crippen LogP contribution in [0.25, 0.3) is 0 Å². The zero-order chi connectivity index (χ0) is 12.5. The van der Waals surface area contributed by atoms with E-state index in [1.807, 2.05) is 6.07 Å². The zero-order valence-electron chi connectivity index (χ0n) is 10.5.